The molecule has 1 saturated carbocycles. The fraction of sp³-hybridized carbons (Fsp3) is 0.571. The van der Waals surface area contributed by atoms with E-state index in [1.807, 2.05) is 12.2 Å². The molecule has 1 aliphatic carbocycles. The Balaban J connectivity index is 2.59. The van der Waals surface area contributed by atoms with Crippen molar-refractivity contribution in [2.45, 2.75) is 45.4 Å². The van der Waals surface area contributed by atoms with Crippen molar-refractivity contribution in [2.75, 3.05) is 0 Å². The lowest BCUT2D eigenvalue weighted by Crippen LogP contribution is -2.20. The molecule has 0 radical (unpaired) electrons. The molecule has 0 aromatic rings. The highest BCUT2D eigenvalue weighted by Crippen LogP contribution is 2.40. The van der Waals surface area contributed by atoms with Crippen LogP contribution < -0.4 is 0 Å². The van der Waals surface area contributed by atoms with Gasteiger partial charge in [-0.05, 0) is 30.3 Å². The maximum Gasteiger partial charge on any atom is -0.0225 e. The average Bonchev–Trinajstić information content (AvgIpc) is 2.18. The molecule has 0 spiro atoms. The zero-order valence-corrected chi connectivity index (χ0v) is 9.39. The maximum absolute atomic E-state index is 3.86. The van der Waals surface area contributed by atoms with Crippen LogP contribution in [0.2, 0.25) is 0 Å². The first-order chi connectivity index (χ1) is 6.70. The Labute approximate surface area is 88.4 Å². The third kappa shape index (κ3) is 3.17. The second-order valence-electron chi connectivity index (χ2n) is 4.73. The smallest absolute Gasteiger partial charge is 0.0225 e. The van der Waals surface area contributed by atoms with Crippen molar-refractivity contribution in [2.24, 2.45) is 5.41 Å². The van der Waals surface area contributed by atoms with Crippen LogP contribution in [0.4, 0.5) is 0 Å². The monoisotopic (exact) mass is 190 g/mol. The molecule has 0 aromatic heterocycles. The van der Waals surface area contributed by atoms with Gasteiger partial charge in [0.2, 0.25) is 0 Å². The largest absolute Gasteiger partial charge is 0.0991 e. The quantitative estimate of drug-likeness (QED) is 0.566. The van der Waals surface area contributed by atoms with Crippen LogP contribution in [0, 0.1) is 5.41 Å². The SMILES string of the molecule is C=C/C=C(\C=C)CC1(C)CCCCC1. The second-order valence-corrected chi connectivity index (χ2v) is 4.73. The highest BCUT2D eigenvalue weighted by molar-refractivity contribution is 5.22. The van der Waals surface area contributed by atoms with E-state index in [4.69, 9.17) is 0 Å². The molecule has 1 rings (SSSR count). The minimum atomic E-state index is 0.515. The molecule has 0 saturated heterocycles. The lowest BCUT2D eigenvalue weighted by Gasteiger charge is -2.34. The van der Waals surface area contributed by atoms with Crippen LogP contribution in [0.25, 0.3) is 0 Å². The fourth-order valence-electron chi connectivity index (χ4n) is 2.43. The molecular formula is C14H22. The van der Waals surface area contributed by atoms with Gasteiger partial charge in [0.05, 0.1) is 0 Å². The molecule has 0 amide bonds. The summed E-state index contributed by atoms with van der Waals surface area (Å²) in [5, 5.41) is 0. The Kier molecular flexibility index (Phi) is 4.19. The van der Waals surface area contributed by atoms with Gasteiger partial charge in [0.15, 0.2) is 0 Å². The highest BCUT2D eigenvalue weighted by atomic mass is 14.3. The maximum atomic E-state index is 3.86. The van der Waals surface area contributed by atoms with Crippen LogP contribution in [-0.4, -0.2) is 0 Å². The van der Waals surface area contributed by atoms with E-state index in [0.29, 0.717) is 5.41 Å². The summed E-state index contributed by atoms with van der Waals surface area (Å²) in [6.45, 7) is 10.0. The van der Waals surface area contributed by atoms with Crippen molar-refractivity contribution in [3.8, 4) is 0 Å². The van der Waals surface area contributed by atoms with Crippen LogP contribution in [-0.2, 0) is 0 Å². The van der Waals surface area contributed by atoms with Gasteiger partial charge < -0.3 is 0 Å². The van der Waals surface area contributed by atoms with Crippen LogP contribution in [0.15, 0.2) is 37.0 Å². The van der Waals surface area contributed by atoms with Crippen molar-refractivity contribution >= 4 is 0 Å². The van der Waals surface area contributed by atoms with E-state index in [0.717, 1.165) is 0 Å². The van der Waals surface area contributed by atoms with E-state index in [2.05, 4.69) is 26.2 Å². The Morgan fingerprint density at radius 3 is 2.36 bits per heavy atom. The lowest BCUT2D eigenvalue weighted by molar-refractivity contribution is 0.216. The molecular weight excluding hydrogens is 168 g/mol. The van der Waals surface area contributed by atoms with Crippen LogP contribution in [0.3, 0.4) is 0 Å². The predicted molar refractivity (Wildman–Crippen MR) is 64.3 cm³/mol. The van der Waals surface area contributed by atoms with Crippen LogP contribution >= 0.6 is 0 Å². The first-order valence-electron chi connectivity index (χ1n) is 5.64. The summed E-state index contributed by atoms with van der Waals surface area (Å²) in [4.78, 5) is 0. The molecule has 1 aliphatic rings. The van der Waals surface area contributed by atoms with Crippen molar-refractivity contribution in [3.63, 3.8) is 0 Å². The lowest BCUT2D eigenvalue weighted by atomic mass is 9.72. The molecule has 0 unspecified atom stereocenters. The number of rotatable bonds is 4. The van der Waals surface area contributed by atoms with Crippen molar-refractivity contribution in [1.82, 2.24) is 0 Å². The summed E-state index contributed by atoms with van der Waals surface area (Å²) in [5.41, 5.74) is 1.85. The van der Waals surface area contributed by atoms with Gasteiger partial charge in [-0.1, -0.05) is 57.6 Å². The number of hydrogen-bond donors (Lipinski definition) is 0. The standard InChI is InChI=1S/C14H22/c1-4-9-13(5-2)12-14(3)10-7-6-8-11-14/h4-5,9H,1-2,6-8,10-12H2,3H3/b13-9+. The molecule has 1 fully saturated rings. The first-order valence-corrected chi connectivity index (χ1v) is 5.64. The van der Waals surface area contributed by atoms with Crippen molar-refractivity contribution in [3.05, 3.63) is 37.0 Å². The molecule has 0 nitrogen and oxygen atoms in total. The van der Waals surface area contributed by atoms with Gasteiger partial charge >= 0.3 is 0 Å². The summed E-state index contributed by atoms with van der Waals surface area (Å²) < 4.78 is 0. The summed E-state index contributed by atoms with van der Waals surface area (Å²) in [6.07, 6.45) is 14.1. The van der Waals surface area contributed by atoms with Gasteiger partial charge in [0.1, 0.15) is 0 Å². The van der Waals surface area contributed by atoms with Crippen LogP contribution in [0.5, 0.6) is 0 Å². The third-order valence-corrected chi connectivity index (χ3v) is 3.29. The molecule has 0 atom stereocenters. The minimum absolute atomic E-state index is 0.515. The van der Waals surface area contributed by atoms with E-state index in [9.17, 15) is 0 Å². The van der Waals surface area contributed by atoms with Gasteiger partial charge in [-0.15, -0.1) is 0 Å². The van der Waals surface area contributed by atoms with E-state index >= 15 is 0 Å². The average molecular weight is 190 g/mol. The van der Waals surface area contributed by atoms with Gasteiger partial charge in [-0.3, -0.25) is 0 Å². The normalized spacial score (nSPS) is 21.6. The summed E-state index contributed by atoms with van der Waals surface area (Å²) >= 11 is 0. The van der Waals surface area contributed by atoms with Gasteiger partial charge in [-0.25, -0.2) is 0 Å². The Morgan fingerprint density at radius 1 is 1.21 bits per heavy atom. The molecule has 0 N–H and O–H groups in total. The summed E-state index contributed by atoms with van der Waals surface area (Å²) in [7, 11) is 0. The van der Waals surface area contributed by atoms with Crippen LogP contribution in [0.1, 0.15) is 45.4 Å². The predicted octanol–water partition coefficient (Wildman–Crippen LogP) is 4.65. The molecule has 0 aliphatic heterocycles. The summed E-state index contributed by atoms with van der Waals surface area (Å²) in [6, 6.07) is 0. The third-order valence-electron chi connectivity index (χ3n) is 3.29. The van der Waals surface area contributed by atoms with Crippen molar-refractivity contribution in [1.29, 1.82) is 0 Å². The second kappa shape index (κ2) is 5.19. The topological polar surface area (TPSA) is 0 Å². The molecule has 78 valence electrons. The minimum Gasteiger partial charge on any atom is -0.0991 e. The Morgan fingerprint density at radius 2 is 1.86 bits per heavy atom. The number of allylic oxidation sites excluding steroid dienone is 4. The van der Waals surface area contributed by atoms with E-state index in [1.54, 1.807) is 0 Å². The van der Waals surface area contributed by atoms with Gasteiger partial charge in [0, 0.05) is 0 Å². The van der Waals surface area contributed by atoms with Gasteiger partial charge in [0.25, 0.3) is 0 Å². The number of hydrogen-bond acceptors (Lipinski definition) is 0. The van der Waals surface area contributed by atoms with E-state index in [-0.39, 0.29) is 0 Å². The molecule has 0 heterocycles. The Hall–Kier alpha value is -0.780. The molecule has 0 heteroatoms. The zero-order valence-electron chi connectivity index (χ0n) is 9.39. The summed E-state index contributed by atoms with van der Waals surface area (Å²) in [5.74, 6) is 0. The van der Waals surface area contributed by atoms with Crippen molar-refractivity contribution < 1.29 is 0 Å². The first kappa shape index (κ1) is 11.3. The molecule has 14 heavy (non-hydrogen) atoms. The Bertz CT molecular complexity index is 226. The molecule has 0 aromatic carbocycles. The van der Waals surface area contributed by atoms with E-state index < -0.39 is 0 Å². The molecule has 0 bridgehead atoms. The van der Waals surface area contributed by atoms with E-state index in [1.165, 1.54) is 44.1 Å². The zero-order chi connectivity index (χ0) is 10.4. The fourth-order valence-corrected chi connectivity index (χ4v) is 2.43. The highest BCUT2D eigenvalue weighted by Gasteiger charge is 2.26. The van der Waals surface area contributed by atoms with Gasteiger partial charge in [-0.2, -0.15) is 0 Å².